The van der Waals surface area contributed by atoms with E-state index in [0.29, 0.717) is 17.6 Å². The Labute approximate surface area is 179 Å². The second kappa shape index (κ2) is 7.30. The van der Waals surface area contributed by atoms with Crippen molar-refractivity contribution in [1.82, 2.24) is 0 Å². The number of rotatable bonds is 3. The lowest BCUT2D eigenvalue weighted by molar-refractivity contribution is -0.131. The molecule has 30 heavy (non-hydrogen) atoms. The van der Waals surface area contributed by atoms with Crippen molar-refractivity contribution < 1.29 is 14.3 Å². The molecule has 1 saturated carbocycles. The molecule has 0 unspecified atom stereocenters. The summed E-state index contributed by atoms with van der Waals surface area (Å²) in [6, 6.07) is 14.9. The monoisotopic (exact) mass is 402 g/mol. The summed E-state index contributed by atoms with van der Waals surface area (Å²) < 4.78 is 10.7. The van der Waals surface area contributed by atoms with E-state index in [9.17, 15) is 4.79 Å². The van der Waals surface area contributed by atoms with E-state index in [1.807, 2.05) is 6.07 Å². The van der Waals surface area contributed by atoms with Gasteiger partial charge in [-0.2, -0.15) is 0 Å². The molecule has 0 saturated heterocycles. The van der Waals surface area contributed by atoms with E-state index in [-0.39, 0.29) is 11.4 Å². The summed E-state index contributed by atoms with van der Waals surface area (Å²) >= 11 is 0. The molecule has 0 spiro atoms. The standard InChI is InChI=1S/C27H30O3/c1-17(28)30-21-9-11-22-19(16-21)6-10-24-23(22)14-15-27(2)25(12-13-26(24)27)18-4-7-20(29-3)8-5-18/h4-5,7-9,11-12,16,23-24,26H,6,10,13-15H2,1-3H3/t23-,24-,26+,27-/m1/s1. The third kappa shape index (κ3) is 3.07. The molecule has 4 atom stereocenters. The number of ether oxygens (including phenoxy) is 2. The molecule has 2 aromatic carbocycles. The molecule has 0 heterocycles. The first-order chi connectivity index (χ1) is 14.5. The molecule has 0 N–H and O–H groups in total. The summed E-state index contributed by atoms with van der Waals surface area (Å²) in [4.78, 5) is 11.3. The van der Waals surface area contributed by atoms with Crippen LogP contribution in [-0.2, 0) is 11.2 Å². The van der Waals surface area contributed by atoms with Crippen LogP contribution in [0.1, 0.15) is 62.1 Å². The normalized spacial score (nSPS) is 29.3. The fourth-order valence-corrected chi connectivity index (χ4v) is 6.57. The van der Waals surface area contributed by atoms with Crippen molar-refractivity contribution >= 4 is 11.5 Å². The Morgan fingerprint density at radius 1 is 1.07 bits per heavy atom. The van der Waals surface area contributed by atoms with E-state index in [4.69, 9.17) is 9.47 Å². The number of methoxy groups -OCH3 is 1. The van der Waals surface area contributed by atoms with Crippen LogP contribution in [0.25, 0.3) is 5.57 Å². The van der Waals surface area contributed by atoms with Gasteiger partial charge in [-0.3, -0.25) is 4.79 Å². The predicted molar refractivity (Wildman–Crippen MR) is 119 cm³/mol. The van der Waals surface area contributed by atoms with Crippen LogP contribution in [0.3, 0.4) is 0 Å². The van der Waals surface area contributed by atoms with Crippen LogP contribution >= 0.6 is 0 Å². The van der Waals surface area contributed by atoms with Gasteiger partial charge < -0.3 is 9.47 Å². The summed E-state index contributed by atoms with van der Waals surface area (Å²) in [6.45, 7) is 3.96. The predicted octanol–water partition coefficient (Wildman–Crippen LogP) is 6.17. The molecule has 3 nitrogen and oxygen atoms in total. The topological polar surface area (TPSA) is 35.5 Å². The molecule has 2 aromatic rings. The van der Waals surface area contributed by atoms with Gasteiger partial charge in [0.1, 0.15) is 11.5 Å². The lowest BCUT2D eigenvalue weighted by Crippen LogP contribution is -2.40. The van der Waals surface area contributed by atoms with E-state index >= 15 is 0 Å². The maximum atomic E-state index is 11.3. The Hall–Kier alpha value is -2.55. The average molecular weight is 403 g/mol. The van der Waals surface area contributed by atoms with Gasteiger partial charge >= 0.3 is 5.97 Å². The quantitative estimate of drug-likeness (QED) is 0.455. The fraction of sp³-hybridized carbons (Fsp3) is 0.444. The number of fused-ring (bicyclic) bond motifs is 5. The van der Waals surface area contributed by atoms with Crippen LogP contribution in [0.5, 0.6) is 11.5 Å². The Morgan fingerprint density at radius 2 is 1.83 bits per heavy atom. The zero-order chi connectivity index (χ0) is 20.9. The number of carbonyl (C=O) groups excluding carboxylic acids is 1. The van der Waals surface area contributed by atoms with Crippen molar-refractivity contribution in [3.63, 3.8) is 0 Å². The Morgan fingerprint density at radius 3 is 2.57 bits per heavy atom. The zero-order valence-corrected chi connectivity index (χ0v) is 18.1. The minimum atomic E-state index is -0.250. The van der Waals surface area contributed by atoms with E-state index in [0.717, 1.165) is 18.1 Å². The van der Waals surface area contributed by atoms with E-state index in [2.05, 4.69) is 49.4 Å². The molecule has 156 valence electrons. The number of aryl methyl sites for hydroxylation is 1. The first-order valence-corrected chi connectivity index (χ1v) is 11.2. The highest BCUT2D eigenvalue weighted by Gasteiger charge is 2.51. The molecule has 3 heteroatoms. The van der Waals surface area contributed by atoms with Gasteiger partial charge in [0, 0.05) is 6.92 Å². The maximum absolute atomic E-state index is 11.3. The molecule has 3 aliphatic carbocycles. The van der Waals surface area contributed by atoms with Crippen LogP contribution in [0.15, 0.2) is 48.5 Å². The van der Waals surface area contributed by atoms with E-state index < -0.39 is 0 Å². The maximum Gasteiger partial charge on any atom is 0.308 e. The number of hydrogen-bond donors (Lipinski definition) is 0. The van der Waals surface area contributed by atoms with Crippen molar-refractivity contribution in [2.75, 3.05) is 7.11 Å². The number of esters is 1. The molecule has 0 aromatic heterocycles. The summed E-state index contributed by atoms with van der Waals surface area (Å²) in [5.74, 6) is 3.41. The summed E-state index contributed by atoms with van der Waals surface area (Å²) in [5, 5.41) is 0. The van der Waals surface area contributed by atoms with Crippen molar-refractivity contribution in [3.05, 3.63) is 65.2 Å². The average Bonchev–Trinajstić information content (AvgIpc) is 3.10. The van der Waals surface area contributed by atoms with Crippen LogP contribution in [0.2, 0.25) is 0 Å². The van der Waals surface area contributed by atoms with Crippen LogP contribution in [-0.4, -0.2) is 13.1 Å². The molecule has 5 rings (SSSR count). The minimum absolute atomic E-state index is 0.250. The van der Waals surface area contributed by atoms with Crippen LogP contribution < -0.4 is 9.47 Å². The van der Waals surface area contributed by atoms with Crippen molar-refractivity contribution in [2.45, 2.75) is 51.9 Å². The molecule has 1 fully saturated rings. The van der Waals surface area contributed by atoms with Gasteiger partial charge in [-0.05, 0) is 102 Å². The summed E-state index contributed by atoms with van der Waals surface area (Å²) in [7, 11) is 1.72. The first-order valence-electron chi connectivity index (χ1n) is 11.2. The van der Waals surface area contributed by atoms with Gasteiger partial charge in [0.05, 0.1) is 7.11 Å². The van der Waals surface area contributed by atoms with Gasteiger partial charge in [-0.15, -0.1) is 0 Å². The second-order valence-electron chi connectivity index (χ2n) is 9.41. The summed E-state index contributed by atoms with van der Waals surface area (Å²) in [5.41, 5.74) is 6.00. The first kappa shape index (κ1) is 19.4. The molecule has 0 radical (unpaired) electrons. The largest absolute Gasteiger partial charge is 0.497 e. The highest BCUT2D eigenvalue weighted by Crippen LogP contribution is 2.63. The Bertz CT molecular complexity index is 1000. The van der Waals surface area contributed by atoms with Crippen molar-refractivity contribution in [1.29, 1.82) is 0 Å². The van der Waals surface area contributed by atoms with E-state index in [1.54, 1.807) is 7.11 Å². The number of benzene rings is 2. The highest BCUT2D eigenvalue weighted by molar-refractivity contribution is 5.73. The Kier molecular flexibility index (Phi) is 4.72. The third-order valence-corrected chi connectivity index (χ3v) is 7.94. The molecular weight excluding hydrogens is 372 g/mol. The fourth-order valence-electron chi connectivity index (χ4n) is 6.57. The molecular formula is C27H30O3. The lowest BCUT2D eigenvalue weighted by atomic mass is 9.54. The lowest BCUT2D eigenvalue weighted by Gasteiger charge is -2.50. The zero-order valence-electron chi connectivity index (χ0n) is 18.1. The van der Waals surface area contributed by atoms with Crippen LogP contribution in [0, 0.1) is 17.3 Å². The van der Waals surface area contributed by atoms with Gasteiger partial charge in [0.15, 0.2) is 0 Å². The van der Waals surface area contributed by atoms with Gasteiger partial charge in [0.25, 0.3) is 0 Å². The number of hydrogen-bond acceptors (Lipinski definition) is 3. The number of allylic oxidation sites excluding steroid dienone is 2. The molecule has 0 amide bonds. The molecule has 0 bridgehead atoms. The smallest absolute Gasteiger partial charge is 0.308 e. The van der Waals surface area contributed by atoms with Gasteiger partial charge in [-0.25, -0.2) is 0 Å². The summed E-state index contributed by atoms with van der Waals surface area (Å²) in [6.07, 6.45) is 8.45. The molecule has 0 aliphatic heterocycles. The van der Waals surface area contributed by atoms with Crippen molar-refractivity contribution in [2.24, 2.45) is 17.3 Å². The van der Waals surface area contributed by atoms with Crippen molar-refractivity contribution in [3.8, 4) is 11.5 Å². The SMILES string of the molecule is COc1ccc(C2=CC[C@H]3[C@@H]4CCc5cc(OC(C)=O)ccc5[C@H]4CC[C@]23C)cc1. The molecule has 3 aliphatic rings. The van der Waals surface area contributed by atoms with Gasteiger partial charge in [-0.1, -0.05) is 31.2 Å². The second-order valence-corrected chi connectivity index (χ2v) is 9.41. The van der Waals surface area contributed by atoms with Crippen LogP contribution in [0.4, 0.5) is 0 Å². The minimum Gasteiger partial charge on any atom is -0.497 e. The van der Waals surface area contributed by atoms with Gasteiger partial charge in [0.2, 0.25) is 0 Å². The number of carbonyl (C=O) groups is 1. The third-order valence-electron chi connectivity index (χ3n) is 7.94. The van der Waals surface area contributed by atoms with E-state index in [1.165, 1.54) is 54.9 Å². The Balaban J connectivity index is 1.41. The highest BCUT2D eigenvalue weighted by atomic mass is 16.5.